The Bertz CT molecular complexity index is 1120. The van der Waals surface area contributed by atoms with Crippen molar-refractivity contribution in [2.75, 3.05) is 5.32 Å². The fraction of sp³-hybridized carbons (Fsp3) is 0.360. The number of carbonyl (C=O) groups excluding carboxylic acids is 3. The van der Waals surface area contributed by atoms with Gasteiger partial charge < -0.3 is 20.4 Å². The van der Waals surface area contributed by atoms with Gasteiger partial charge in [0.15, 0.2) is 10.7 Å². The number of hydrogen-bond donors (Lipinski definition) is 2. The lowest BCUT2D eigenvalue weighted by Crippen LogP contribution is -2.63. The molecule has 3 amide bonds. The lowest BCUT2D eigenvalue weighted by atomic mass is 9.67. The van der Waals surface area contributed by atoms with Crippen molar-refractivity contribution >= 4 is 34.2 Å². The summed E-state index contributed by atoms with van der Waals surface area (Å²) >= 11 is 1.29. The molecule has 0 radical (unpaired) electrons. The minimum absolute atomic E-state index is 0.0218. The summed E-state index contributed by atoms with van der Waals surface area (Å²) in [5.74, 6) is -0.879. The maximum absolute atomic E-state index is 13.7. The van der Waals surface area contributed by atoms with Crippen molar-refractivity contribution in [1.29, 1.82) is 0 Å². The van der Waals surface area contributed by atoms with Crippen LogP contribution in [-0.4, -0.2) is 27.6 Å². The molecule has 2 aromatic heterocycles. The molecule has 2 heterocycles. The molecule has 3 rings (SSSR count). The van der Waals surface area contributed by atoms with Crippen LogP contribution in [0.1, 0.15) is 50.5 Å². The SMILES string of the molecule is Cc1ccc(C(C(N)=O)(N(Cc2ccco2)C(=O)CCC(=O)Nc2nccs2)C(C)(C)C)cc1. The van der Waals surface area contributed by atoms with Crippen LogP contribution in [0, 0.1) is 12.3 Å². The molecule has 0 saturated heterocycles. The van der Waals surface area contributed by atoms with Crippen LogP contribution in [0.15, 0.2) is 58.7 Å². The second-order valence-corrected chi connectivity index (χ2v) is 10.0. The fourth-order valence-corrected chi connectivity index (χ4v) is 4.75. The number of benzene rings is 1. The van der Waals surface area contributed by atoms with Gasteiger partial charge in [0, 0.05) is 24.4 Å². The van der Waals surface area contributed by atoms with E-state index in [1.807, 2.05) is 52.0 Å². The number of rotatable bonds is 9. The molecule has 0 aliphatic heterocycles. The number of hydrogen-bond acceptors (Lipinski definition) is 6. The molecular weight excluding hydrogens is 452 g/mol. The largest absolute Gasteiger partial charge is 0.467 e. The summed E-state index contributed by atoms with van der Waals surface area (Å²) in [6, 6.07) is 10.9. The quantitative estimate of drug-likeness (QED) is 0.473. The van der Waals surface area contributed by atoms with E-state index in [0.717, 1.165) is 5.56 Å². The van der Waals surface area contributed by atoms with Crippen LogP contribution >= 0.6 is 11.3 Å². The van der Waals surface area contributed by atoms with E-state index >= 15 is 0 Å². The second kappa shape index (κ2) is 10.2. The van der Waals surface area contributed by atoms with E-state index in [1.54, 1.807) is 23.7 Å². The van der Waals surface area contributed by atoms with Crippen molar-refractivity contribution < 1.29 is 18.8 Å². The van der Waals surface area contributed by atoms with Crippen LogP contribution < -0.4 is 11.1 Å². The average Bonchev–Trinajstić information content (AvgIpc) is 3.46. The van der Waals surface area contributed by atoms with E-state index in [-0.39, 0.29) is 31.2 Å². The molecule has 1 unspecified atom stereocenters. The Hall–Kier alpha value is -3.46. The number of amides is 3. The van der Waals surface area contributed by atoms with Gasteiger partial charge in [-0.25, -0.2) is 4.98 Å². The molecule has 0 fully saturated rings. The predicted octanol–water partition coefficient (Wildman–Crippen LogP) is 4.22. The first-order valence-corrected chi connectivity index (χ1v) is 11.8. The number of nitrogens with two attached hydrogens (primary N) is 1. The molecule has 3 aromatic rings. The highest BCUT2D eigenvalue weighted by atomic mass is 32.1. The van der Waals surface area contributed by atoms with Gasteiger partial charge in [-0.2, -0.15) is 0 Å². The molecule has 3 N–H and O–H groups in total. The molecule has 1 aromatic carbocycles. The Labute approximate surface area is 203 Å². The number of thiazole rings is 1. The zero-order valence-electron chi connectivity index (χ0n) is 19.8. The average molecular weight is 483 g/mol. The zero-order chi connectivity index (χ0) is 24.9. The van der Waals surface area contributed by atoms with Crippen molar-refractivity contribution in [1.82, 2.24) is 9.88 Å². The number of nitrogens with zero attached hydrogens (tertiary/aromatic N) is 2. The van der Waals surface area contributed by atoms with Crippen LogP contribution in [-0.2, 0) is 26.5 Å². The predicted molar refractivity (Wildman–Crippen MR) is 131 cm³/mol. The standard InChI is InChI=1S/C25H30N4O4S/c1-17-7-9-18(10-8-17)25(22(26)32,24(2,3)4)29(16-19-6-5-14-33-19)21(31)12-11-20(30)28-23-27-13-15-34-23/h5-10,13-15H,11-12,16H2,1-4H3,(H2,26,32)(H,27,28,30). The number of furan rings is 1. The normalized spacial score (nSPS) is 13.2. The van der Waals surface area contributed by atoms with Crippen LogP contribution in [0.25, 0.3) is 0 Å². The highest BCUT2D eigenvalue weighted by Gasteiger charge is 2.55. The van der Waals surface area contributed by atoms with E-state index in [4.69, 9.17) is 10.2 Å². The molecule has 8 nitrogen and oxygen atoms in total. The van der Waals surface area contributed by atoms with Gasteiger partial charge >= 0.3 is 0 Å². The van der Waals surface area contributed by atoms with Gasteiger partial charge in [-0.1, -0.05) is 50.6 Å². The Kier molecular flexibility index (Phi) is 7.56. The third kappa shape index (κ3) is 5.20. The summed E-state index contributed by atoms with van der Waals surface area (Å²) in [6.07, 6.45) is 2.91. The van der Waals surface area contributed by atoms with E-state index in [9.17, 15) is 14.4 Å². The van der Waals surface area contributed by atoms with Gasteiger partial charge in [0.05, 0.1) is 12.8 Å². The Morgan fingerprint density at radius 2 is 1.82 bits per heavy atom. The number of primary amides is 1. The maximum atomic E-state index is 13.7. The first kappa shape index (κ1) is 25.2. The fourth-order valence-electron chi connectivity index (χ4n) is 4.21. The minimum atomic E-state index is -1.49. The topological polar surface area (TPSA) is 119 Å². The van der Waals surface area contributed by atoms with Crippen LogP contribution in [0.3, 0.4) is 0 Å². The third-order valence-corrected chi connectivity index (χ3v) is 6.44. The number of carbonyl (C=O) groups is 3. The van der Waals surface area contributed by atoms with E-state index < -0.39 is 16.9 Å². The van der Waals surface area contributed by atoms with Gasteiger partial charge in [-0.3, -0.25) is 14.4 Å². The molecule has 9 heteroatoms. The lowest BCUT2D eigenvalue weighted by molar-refractivity contribution is -0.157. The van der Waals surface area contributed by atoms with E-state index in [2.05, 4.69) is 10.3 Å². The van der Waals surface area contributed by atoms with Gasteiger partial charge in [0.1, 0.15) is 5.76 Å². The van der Waals surface area contributed by atoms with Crippen molar-refractivity contribution in [3.63, 3.8) is 0 Å². The third-order valence-electron chi connectivity index (χ3n) is 5.76. The highest BCUT2D eigenvalue weighted by Crippen LogP contribution is 2.45. The molecule has 180 valence electrons. The van der Waals surface area contributed by atoms with Gasteiger partial charge in [0.2, 0.25) is 17.7 Å². The van der Waals surface area contributed by atoms with Crippen molar-refractivity contribution in [2.45, 2.75) is 52.6 Å². The summed E-state index contributed by atoms with van der Waals surface area (Å²) < 4.78 is 5.52. The van der Waals surface area contributed by atoms with Gasteiger partial charge in [-0.05, 0) is 30.0 Å². The Morgan fingerprint density at radius 1 is 1.12 bits per heavy atom. The number of aromatic nitrogens is 1. The highest BCUT2D eigenvalue weighted by molar-refractivity contribution is 7.13. The molecule has 0 bridgehead atoms. The Morgan fingerprint density at radius 3 is 2.35 bits per heavy atom. The van der Waals surface area contributed by atoms with E-state index in [1.165, 1.54) is 22.5 Å². The first-order chi connectivity index (χ1) is 16.1. The molecule has 1 atom stereocenters. The van der Waals surface area contributed by atoms with Crippen molar-refractivity contribution in [3.05, 3.63) is 71.1 Å². The molecule has 0 aliphatic rings. The zero-order valence-corrected chi connectivity index (χ0v) is 20.6. The van der Waals surface area contributed by atoms with Gasteiger partial charge in [0.25, 0.3) is 0 Å². The summed E-state index contributed by atoms with van der Waals surface area (Å²) in [5.41, 5.74) is 5.44. The summed E-state index contributed by atoms with van der Waals surface area (Å²) in [5, 5.41) is 4.89. The molecule has 34 heavy (non-hydrogen) atoms. The number of anilines is 1. The number of aryl methyl sites for hydroxylation is 1. The number of nitrogens with one attached hydrogen (secondary N) is 1. The van der Waals surface area contributed by atoms with Crippen LogP contribution in [0.4, 0.5) is 5.13 Å². The lowest BCUT2D eigenvalue weighted by Gasteiger charge is -2.50. The molecule has 0 saturated carbocycles. The molecular formula is C25H30N4O4S. The monoisotopic (exact) mass is 482 g/mol. The minimum Gasteiger partial charge on any atom is -0.467 e. The summed E-state index contributed by atoms with van der Waals surface area (Å²) in [7, 11) is 0. The van der Waals surface area contributed by atoms with Crippen molar-refractivity contribution in [2.24, 2.45) is 11.1 Å². The smallest absolute Gasteiger partial charge is 0.248 e. The van der Waals surface area contributed by atoms with Crippen LogP contribution in [0.2, 0.25) is 0 Å². The molecule has 0 spiro atoms. The Balaban J connectivity index is 2.01. The molecule has 0 aliphatic carbocycles. The summed E-state index contributed by atoms with van der Waals surface area (Å²) in [4.78, 5) is 44.9. The second-order valence-electron chi connectivity index (χ2n) is 9.14. The van der Waals surface area contributed by atoms with Crippen LogP contribution in [0.5, 0.6) is 0 Å². The maximum Gasteiger partial charge on any atom is 0.248 e. The van der Waals surface area contributed by atoms with E-state index in [0.29, 0.717) is 16.5 Å². The van der Waals surface area contributed by atoms with Gasteiger partial charge in [-0.15, -0.1) is 11.3 Å². The summed E-state index contributed by atoms with van der Waals surface area (Å²) in [6.45, 7) is 7.58. The first-order valence-electron chi connectivity index (χ1n) is 10.9. The van der Waals surface area contributed by atoms with Crippen molar-refractivity contribution in [3.8, 4) is 0 Å².